The van der Waals surface area contributed by atoms with Crippen molar-refractivity contribution in [3.05, 3.63) is 64.0 Å². The van der Waals surface area contributed by atoms with E-state index in [2.05, 4.69) is 85.0 Å². The molecule has 0 spiro atoms. The number of aliphatic hydroxyl groups is 1. The molecule has 6 nitrogen and oxygen atoms in total. The van der Waals surface area contributed by atoms with E-state index in [0.29, 0.717) is 12.8 Å². The number of amides is 2. The zero-order chi connectivity index (χ0) is 30.8. The molecule has 2 amide bonds. The Bertz CT molecular complexity index is 1210. The molecule has 0 radical (unpaired) electrons. The third-order valence-corrected chi connectivity index (χ3v) is 7.51. The number of carbonyl (C=O) groups excluding carboxylic acids is 2. The first-order valence-electron chi connectivity index (χ1n) is 14.3. The molecule has 0 fully saturated rings. The van der Waals surface area contributed by atoms with Crippen molar-refractivity contribution >= 4 is 11.8 Å². The predicted molar refractivity (Wildman–Crippen MR) is 164 cm³/mol. The van der Waals surface area contributed by atoms with E-state index < -0.39 is 0 Å². The molecule has 0 bridgehead atoms. The molecule has 0 saturated heterocycles. The lowest BCUT2D eigenvalue weighted by molar-refractivity contribution is -0.128. The maximum atomic E-state index is 12.5. The van der Waals surface area contributed by atoms with Crippen LogP contribution in [0.4, 0.5) is 0 Å². The number of hydrogen-bond acceptors (Lipinski definition) is 4. The number of benzene rings is 1. The van der Waals surface area contributed by atoms with E-state index in [0.717, 1.165) is 33.6 Å². The summed E-state index contributed by atoms with van der Waals surface area (Å²) in [5.41, 5.74) is 10.0. The van der Waals surface area contributed by atoms with Crippen molar-refractivity contribution in [1.82, 2.24) is 10.9 Å². The largest absolute Gasteiger partial charge is 0.508 e. The second-order valence-electron chi connectivity index (χ2n) is 14.7. The van der Waals surface area contributed by atoms with E-state index in [1.807, 2.05) is 33.8 Å². The minimum Gasteiger partial charge on any atom is -0.508 e. The first-order chi connectivity index (χ1) is 18.0. The van der Waals surface area contributed by atoms with E-state index >= 15 is 0 Å². The van der Waals surface area contributed by atoms with Crippen LogP contribution in [-0.4, -0.2) is 16.9 Å². The summed E-state index contributed by atoms with van der Waals surface area (Å²) in [5, 5.41) is 11.0. The van der Waals surface area contributed by atoms with E-state index in [1.54, 1.807) is 0 Å². The highest BCUT2D eigenvalue weighted by atomic mass is 16.5. The molecule has 0 unspecified atom stereocenters. The van der Waals surface area contributed by atoms with Gasteiger partial charge in [0.05, 0.1) is 0 Å². The Kier molecular flexibility index (Phi) is 9.82. The van der Waals surface area contributed by atoms with Crippen LogP contribution in [0.15, 0.2) is 47.3 Å². The van der Waals surface area contributed by atoms with Crippen LogP contribution in [0.2, 0.25) is 0 Å². The van der Waals surface area contributed by atoms with Gasteiger partial charge in [-0.05, 0) is 72.6 Å². The minimum atomic E-state index is -0.325. The third-order valence-electron chi connectivity index (χ3n) is 7.51. The summed E-state index contributed by atoms with van der Waals surface area (Å²) in [5.74, 6) is 0.696. The maximum absolute atomic E-state index is 12.5. The number of nitrogens with one attached hydrogen (secondary N) is 2. The van der Waals surface area contributed by atoms with E-state index in [4.69, 9.17) is 4.74 Å². The van der Waals surface area contributed by atoms with Gasteiger partial charge in [0.25, 0.3) is 0 Å². The fourth-order valence-corrected chi connectivity index (χ4v) is 4.48. The number of allylic oxidation sites excluding steroid dienone is 4. The van der Waals surface area contributed by atoms with Crippen LogP contribution in [0.3, 0.4) is 0 Å². The number of carbonyl (C=O) groups is 2. The minimum absolute atomic E-state index is 0.0693. The summed E-state index contributed by atoms with van der Waals surface area (Å²) >= 11 is 0. The van der Waals surface area contributed by atoms with Crippen LogP contribution in [0.5, 0.6) is 5.75 Å². The molecule has 1 aliphatic rings. The van der Waals surface area contributed by atoms with Crippen LogP contribution in [0.25, 0.3) is 0 Å². The monoisotopic (exact) mass is 552 g/mol. The van der Waals surface area contributed by atoms with E-state index in [9.17, 15) is 14.7 Å². The summed E-state index contributed by atoms with van der Waals surface area (Å²) in [6.07, 6.45) is 3.28. The first-order valence-corrected chi connectivity index (χ1v) is 14.3. The van der Waals surface area contributed by atoms with Crippen molar-refractivity contribution in [2.24, 2.45) is 10.8 Å². The van der Waals surface area contributed by atoms with Gasteiger partial charge in [-0.25, -0.2) is 0 Å². The fourth-order valence-electron chi connectivity index (χ4n) is 4.48. The van der Waals surface area contributed by atoms with Gasteiger partial charge in [0.1, 0.15) is 17.1 Å². The number of fused-ring (bicyclic) bond motifs is 1. The molecule has 0 atom stereocenters. The molecule has 40 heavy (non-hydrogen) atoms. The lowest BCUT2D eigenvalue weighted by Crippen LogP contribution is -2.41. The number of ether oxygens (including phenoxy) is 1. The molecule has 0 saturated carbocycles. The Hall–Kier alpha value is -3.02. The molecule has 3 N–H and O–H groups in total. The van der Waals surface area contributed by atoms with Gasteiger partial charge >= 0.3 is 0 Å². The highest BCUT2D eigenvalue weighted by molar-refractivity contribution is 5.82. The van der Waals surface area contributed by atoms with Gasteiger partial charge in [0.15, 0.2) is 0 Å². The number of aliphatic hydroxyl groups excluding tert-OH is 1. The molecule has 0 aromatic heterocycles. The predicted octanol–water partition coefficient (Wildman–Crippen LogP) is 7.88. The lowest BCUT2D eigenvalue weighted by atomic mass is 9.78. The van der Waals surface area contributed by atoms with Crippen LogP contribution < -0.4 is 15.6 Å². The van der Waals surface area contributed by atoms with Gasteiger partial charge in [-0.1, -0.05) is 86.6 Å². The van der Waals surface area contributed by atoms with Gasteiger partial charge in [0.2, 0.25) is 11.8 Å². The molecule has 1 heterocycles. The normalized spacial score (nSPS) is 15.8. The Balaban J connectivity index is 1.94. The second-order valence-corrected chi connectivity index (χ2v) is 14.7. The highest BCUT2D eigenvalue weighted by Gasteiger charge is 2.40. The quantitative estimate of drug-likeness (QED) is 0.174. The van der Waals surface area contributed by atoms with Gasteiger partial charge in [-0.3, -0.25) is 20.4 Å². The van der Waals surface area contributed by atoms with Crippen molar-refractivity contribution in [3.8, 4) is 5.75 Å². The van der Waals surface area contributed by atoms with Crippen molar-refractivity contribution in [3.63, 3.8) is 0 Å². The lowest BCUT2D eigenvalue weighted by Gasteiger charge is -2.42. The van der Waals surface area contributed by atoms with Crippen LogP contribution in [0.1, 0.15) is 119 Å². The summed E-state index contributed by atoms with van der Waals surface area (Å²) in [7, 11) is 0. The Morgan fingerprint density at radius 1 is 0.925 bits per heavy atom. The number of hydrogen-bond donors (Lipinski definition) is 3. The van der Waals surface area contributed by atoms with Gasteiger partial charge < -0.3 is 9.84 Å². The zero-order valence-electron chi connectivity index (χ0n) is 26.9. The maximum Gasteiger partial charge on any atom is 0.238 e. The van der Waals surface area contributed by atoms with Gasteiger partial charge in [0, 0.05) is 24.0 Å². The van der Waals surface area contributed by atoms with Gasteiger partial charge in [-0.15, -0.1) is 0 Å². The molecule has 2 rings (SSSR count). The SMILES string of the molecule is C=C(/C=C(\C(O)=C(/C)C(C)(C)C)C(C)(C)C)CCC(=O)NNC(=O)CCc1cc(C(C)(C)C)c2c(c1)C(C)(C)O2. The third kappa shape index (κ3) is 8.49. The number of aryl methyl sites for hydroxylation is 1. The van der Waals surface area contributed by atoms with Crippen molar-refractivity contribution in [1.29, 1.82) is 0 Å². The highest BCUT2D eigenvalue weighted by Crippen LogP contribution is 2.49. The second kappa shape index (κ2) is 11.8. The zero-order valence-corrected chi connectivity index (χ0v) is 26.9. The standard InChI is InChI=1S/C34H52N2O4/c1-21(18-24(32(6,7)8)29(39)22(2)31(3,4)5)14-16-27(37)35-36-28(38)17-15-23-19-25(33(9,10)11)30-26(20-23)34(12,13)40-30/h18-20,39H,1,14-17H2,2-13H3,(H,35,37)(H,36,38)/b24-18+,29-22-. The summed E-state index contributed by atoms with van der Waals surface area (Å²) in [6.45, 7) is 28.9. The molecule has 6 heteroatoms. The molecule has 1 aromatic rings. The molecule has 222 valence electrons. The smallest absolute Gasteiger partial charge is 0.238 e. The van der Waals surface area contributed by atoms with E-state index in [1.165, 1.54) is 5.56 Å². The molecule has 0 aliphatic carbocycles. The summed E-state index contributed by atoms with van der Waals surface area (Å²) < 4.78 is 6.04. The van der Waals surface area contributed by atoms with Crippen LogP contribution >= 0.6 is 0 Å². The van der Waals surface area contributed by atoms with Crippen molar-refractivity contribution < 1.29 is 19.4 Å². The molecular weight excluding hydrogens is 500 g/mol. The number of rotatable bonds is 8. The van der Waals surface area contributed by atoms with Crippen molar-refractivity contribution in [2.75, 3.05) is 0 Å². The van der Waals surface area contributed by atoms with Gasteiger partial charge in [-0.2, -0.15) is 0 Å². The number of hydrazine groups is 1. The Morgan fingerprint density at radius 2 is 1.48 bits per heavy atom. The molecular formula is C34H52N2O4. The summed E-state index contributed by atoms with van der Waals surface area (Å²) in [4.78, 5) is 24.9. The topological polar surface area (TPSA) is 87.7 Å². The first kappa shape index (κ1) is 33.2. The molecule has 1 aromatic carbocycles. The van der Waals surface area contributed by atoms with E-state index in [-0.39, 0.29) is 52.3 Å². The Labute approximate surface area is 242 Å². The molecule has 1 aliphatic heterocycles. The van der Waals surface area contributed by atoms with Crippen LogP contribution in [0, 0.1) is 10.8 Å². The average molecular weight is 553 g/mol. The fraction of sp³-hybridized carbons (Fsp3) is 0.588. The Morgan fingerprint density at radius 3 is 1.95 bits per heavy atom. The van der Waals surface area contributed by atoms with Crippen molar-refractivity contribution in [2.45, 2.75) is 120 Å². The average Bonchev–Trinajstić information content (AvgIpc) is 2.80. The summed E-state index contributed by atoms with van der Waals surface area (Å²) in [6, 6.07) is 4.25. The van der Waals surface area contributed by atoms with Crippen LogP contribution in [-0.2, 0) is 27.0 Å².